The van der Waals surface area contributed by atoms with Crippen LogP contribution in [0.5, 0.6) is 0 Å². The van der Waals surface area contributed by atoms with Gasteiger partial charge in [0.05, 0.1) is 0 Å². The summed E-state index contributed by atoms with van der Waals surface area (Å²) >= 11 is 3.67. The summed E-state index contributed by atoms with van der Waals surface area (Å²) in [7, 11) is 0. The summed E-state index contributed by atoms with van der Waals surface area (Å²) in [6, 6.07) is -0.801. The van der Waals surface area contributed by atoms with E-state index < -0.39 is 6.03 Å². The number of rotatable bonds is 1. The Morgan fingerprint density at radius 1 is 1.70 bits per heavy atom. The SMILES string of the molecule is CCC1NC(=O)N(S)C1=O. The van der Waals surface area contributed by atoms with Crippen molar-refractivity contribution in [2.75, 3.05) is 0 Å². The van der Waals surface area contributed by atoms with Crippen molar-refractivity contribution in [2.45, 2.75) is 19.4 Å². The summed E-state index contributed by atoms with van der Waals surface area (Å²) < 4.78 is 0.800. The maximum atomic E-state index is 10.9. The number of carbonyl (C=O) groups excluding carboxylic acids is 2. The summed E-state index contributed by atoms with van der Waals surface area (Å²) in [6.45, 7) is 1.83. The molecule has 10 heavy (non-hydrogen) atoms. The van der Waals surface area contributed by atoms with Gasteiger partial charge in [-0.1, -0.05) is 19.7 Å². The van der Waals surface area contributed by atoms with Gasteiger partial charge in [0.2, 0.25) is 0 Å². The van der Waals surface area contributed by atoms with E-state index in [0.717, 1.165) is 4.31 Å². The van der Waals surface area contributed by atoms with E-state index in [9.17, 15) is 9.59 Å². The van der Waals surface area contributed by atoms with Gasteiger partial charge in [-0.15, -0.1) is 0 Å². The van der Waals surface area contributed by atoms with Crippen LogP contribution >= 0.6 is 12.8 Å². The molecule has 1 heterocycles. The van der Waals surface area contributed by atoms with Crippen molar-refractivity contribution in [3.8, 4) is 0 Å². The van der Waals surface area contributed by atoms with Crippen LogP contribution in [0, 0.1) is 0 Å². The van der Waals surface area contributed by atoms with E-state index in [2.05, 4.69) is 18.1 Å². The van der Waals surface area contributed by atoms with Crippen molar-refractivity contribution in [3.63, 3.8) is 0 Å². The van der Waals surface area contributed by atoms with Crippen LogP contribution in [0.3, 0.4) is 0 Å². The van der Waals surface area contributed by atoms with E-state index >= 15 is 0 Å². The van der Waals surface area contributed by atoms with Gasteiger partial charge in [0.15, 0.2) is 0 Å². The van der Waals surface area contributed by atoms with Gasteiger partial charge >= 0.3 is 6.03 Å². The van der Waals surface area contributed by atoms with Crippen molar-refractivity contribution in [2.24, 2.45) is 0 Å². The maximum Gasteiger partial charge on any atom is 0.334 e. The summed E-state index contributed by atoms with van der Waals surface area (Å²) in [4.78, 5) is 21.6. The minimum atomic E-state index is -0.430. The van der Waals surface area contributed by atoms with Crippen LogP contribution in [0.2, 0.25) is 0 Å². The third kappa shape index (κ3) is 0.965. The predicted molar refractivity (Wildman–Crippen MR) is 38.4 cm³/mol. The van der Waals surface area contributed by atoms with Gasteiger partial charge in [-0.05, 0) is 6.42 Å². The van der Waals surface area contributed by atoms with Gasteiger partial charge in [0.25, 0.3) is 5.91 Å². The Bertz CT molecular complexity index is 182. The number of amides is 3. The molecule has 0 aromatic heterocycles. The molecule has 0 aromatic carbocycles. The fraction of sp³-hybridized carbons (Fsp3) is 0.600. The van der Waals surface area contributed by atoms with Crippen molar-refractivity contribution in [1.82, 2.24) is 9.62 Å². The van der Waals surface area contributed by atoms with Gasteiger partial charge in [-0.25, -0.2) is 9.10 Å². The Morgan fingerprint density at radius 2 is 2.30 bits per heavy atom. The van der Waals surface area contributed by atoms with Crippen molar-refractivity contribution >= 4 is 24.8 Å². The fourth-order valence-corrected chi connectivity index (χ4v) is 0.993. The van der Waals surface area contributed by atoms with Gasteiger partial charge in [0.1, 0.15) is 6.04 Å². The smallest absolute Gasteiger partial charge is 0.325 e. The lowest BCUT2D eigenvalue weighted by atomic mass is 10.2. The Kier molecular flexibility index (Phi) is 1.85. The Hall–Kier alpha value is -0.710. The first kappa shape index (κ1) is 7.40. The highest BCUT2D eigenvalue weighted by Gasteiger charge is 2.34. The first-order chi connectivity index (χ1) is 4.66. The lowest BCUT2D eigenvalue weighted by Crippen LogP contribution is -2.27. The zero-order chi connectivity index (χ0) is 7.72. The van der Waals surface area contributed by atoms with E-state index in [0.29, 0.717) is 6.42 Å². The molecular formula is C5H8N2O2S. The summed E-state index contributed by atoms with van der Waals surface area (Å²) in [5, 5.41) is 2.46. The first-order valence-corrected chi connectivity index (χ1v) is 3.40. The van der Waals surface area contributed by atoms with Crippen molar-refractivity contribution in [1.29, 1.82) is 0 Å². The Labute approximate surface area is 64.1 Å². The topological polar surface area (TPSA) is 49.4 Å². The molecule has 0 saturated carbocycles. The second kappa shape index (κ2) is 2.49. The highest BCUT2D eigenvalue weighted by Crippen LogP contribution is 2.09. The normalized spacial score (nSPS) is 25.4. The molecular weight excluding hydrogens is 152 g/mol. The monoisotopic (exact) mass is 160 g/mol. The number of carbonyl (C=O) groups is 2. The van der Waals surface area contributed by atoms with Crippen LogP contribution in [-0.2, 0) is 4.79 Å². The molecule has 0 spiro atoms. The standard InChI is InChI=1S/C5H8N2O2S/c1-2-3-4(8)7(10)5(9)6-3/h3,10H,2H2,1H3,(H,6,9). The van der Waals surface area contributed by atoms with Gasteiger partial charge < -0.3 is 5.32 Å². The lowest BCUT2D eigenvalue weighted by Gasteiger charge is -2.01. The second-order valence-electron chi connectivity index (χ2n) is 2.06. The molecule has 3 amide bonds. The number of imide groups is 1. The molecule has 1 saturated heterocycles. The molecule has 0 radical (unpaired) electrons. The van der Waals surface area contributed by atoms with Crippen LogP contribution in [0.25, 0.3) is 0 Å². The van der Waals surface area contributed by atoms with Crippen LogP contribution < -0.4 is 5.32 Å². The van der Waals surface area contributed by atoms with E-state index in [4.69, 9.17) is 0 Å². The first-order valence-electron chi connectivity index (χ1n) is 3.00. The van der Waals surface area contributed by atoms with Crippen LogP contribution in [0.4, 0.5) is 4.79 Å². The molecule has 0 aromatic rings. The number of hydrogen-bond donors (Lipinski definition) is 2. The quantitative estimate of drug-likeness (QED) is 0.424. The predicted octanol–water partition coefficient (Wildman–Crippen LogP) is 0.162. The minimum absolute atomic E-state index is 0.268. The molecule has 1 unspecified atom stereocenters. The van der Waals surface area contributed by atoms with Gasteiger partial charge in [-0.2, -0.15) is 0 Å². The molecule has 4 nitrogen and oxygen atoms in total. The highest BCUT2D eigenvalue weighted by molar-refractivity contribution is 7.79. The number of hydrogen-bond acceptors (Lipinski definition) is 3. The number of thiol groups is 1. The van der Waals surface area contributed by atoms with Crippen LogP contribution in [-0.4, -0.2) is 22.3 Å². The summed E-state index contributed by atoms with van der Waals surface area (Å²) in [6.07, 6.45) is 0.613. The average molecular weight is 160 g/mol. The highest BCUT2D eigenvalue weighted by atomic mass is 32.1. The number of urea groups is 1. The van der Waals surface area contributed by atoms with Crippen LogP contribution in [0.1, 0.15) is 13.3 Å². The molecule has 1 aliphatic rings. The molecule has 0 bridgehead atoms. The van der Waals surface area contributed by atoms with Crippen molar-refractivity contribution < 1.29 is 9.59 Å². The third-order valence-electron chi connectivity index (χ3n) is 1.41. The molecule has 1 aliphatic heterocycles. The lowest BCUT2D eigenvalue weighted by molar-refractivity contribution is -0.123. The molecule has 1 atom stereocenters. The fourth-order valence-electron chi connectivity index (χ4n) is 0.796. The molecule has 0 aliphatic carbocycles. The molecule has 5 heteroatoms. The van der Waals surface area contributed by atoms with Gasteiger partial charge in [0, 0.05) is 0 Å². The van der Waals surface area contributed by atoms with Gasteiger partial charge in [-0.3, -0.25) is 4.79 Å². The maximum absolute atomic E-state index is 10.9. The molecule has 1 N–H and O–H groups in total. The molecule has 1 fully saturated rings. The number of nitrogens with one attached hydrogen (secondary N) is 1. The summed E-state index contributed by atoms with van der Waals surface area (Å²) in [5.74, 6) is -0.268. The minimum Gasteiger partial charge on any atom is -0.325 e. The largest absolute Gasteiger partial charge is 0.334 e. The van der Waals surface area contributed by atoms with E-state index in [1.807, 2.05) is 6.92 Å². The number of nitrogens with zero attached hydrogens (tertiary/aromatic N) is 1. The molecule has 1 rings (SSSR count). The third-order valence-corrected chi connectivity index (χ3v) is 1.78. The van der Waals surface area contributed by atoms with E-state index in [-0.39, 0.29) is 11.9 Å². The van der Waals surface area contributed by atoms with Crippen LogP contribution in [0.15, 0.2) is 0 Å². The summed E-state index contributed by atoms with van der Waals surface area (Å²) in [5.41, 5.74) is 0. The molecule has 56 valence electrons. The van der Waals surface area contributed by atoms with E-state index in [1.54, 1.807) is 0 Å². The zero-order valence-electron chi connectivity index (χ0n) is 5.50. The second-order valence-corrected chi connectivity index (χ2v) is 2.46. The average Bonchev–Trinajstić information content (AvgIpc) is 2.17. The zero-order valence-corrected chi connectivity index (χ0v) is 6.39. The van der Waals surface area contributed by atoms with Crippen molar-refractivity contribution in [3.05, 3.63) is 0 Å². The Morgan fingerprint density at radius 3 is 2.50 bits per heavy atom. The Balaban J connectivity index is 2.71. The van der Waals surface area contributed by atoms with E-state index in [1.165, 1.54) is 0 Å².